The quantitative estimate of drug-likeness (QED) is 0.820. The molecule has 4 nitrogen and oxygen atoms in total. The Morgan fingerprint density at radius 2 is 1.80 bits per heavy atom. The molecule has 0 saturated heterocycles. The fourth-order valence-corrected chi connectivity index (χ4v) is 1.41. The highest BCUT2D eigenvalue weighted by Crippen LogP contribution is 2.22. The van der Waals surface area contributed by atoms with Gasteiger partial charge in [0, 0.05) is 0 Å². The van der Waals surface area contributed by atoms with E-state index in [-0.39, 0.29) is 30.3 Å². The second-order valence-corrected chi connectivity index (χ2v) is 3.63. The molecule has 1 aromatic rings. The second kappa shape index (κ2) is 8.65. The molecule has 1 unspecified atom stereocenters. The highest BCUT2D eigenvalue weighted by molar-refractivity contribution is 5.85. The van der Waals surface area contributed by atoms with Crippen LogP contribution < -0.4 is 10.5 Å². The van der Waals surface area contributed by atoms with Gasteiger partial charge in [-0.15, -0.1) is 12.4 Å². The van der Waals surface area contributed by atoms with E-state index in [1.165, 1.54) is 24.3 Å². The van der Waals surface area contributed by atoms with Crippen molar-refractivity contribution in [2.45, 2.75) is 25.7 Å². The molecule has 2 N–H and O–H groups in total. The fraction of sp³-hybridized carbons (Fsp3) is 0.417. The van der Waals surface area contributed by atoms with Crippen LogP contribution in [0.3, 0.4) is 0 Å². The number of esters is 1. The molecule has 0 amide bonds. The number of rotatable bonds is 6. The molecule has 0 aromatic heterocycles. The van der Waals surface area contributed by atoms with E-state index < -0.39 is 24.8 Å². The lowest BCUT2D eigenvalue weighted by Crippen LogP contribution is -2.31. The number of ether oxygens (including phenoxy) is 2. The van der Waals surface area contributed by atoms with Crippen LogP contribution in [-0.4, -0.2) is 25.4 Å². The SMILES string of the molecule is CCOC(=O)C(F)[C@H](N)c1ccc(OC(F)F)cc1.Cl. The van der Waals surface area contributed by atoms with Crippen molar-refractivity contribution >= 4 is 18.4 Å². The van der Waals surface area contributed by atoms with Gasteiger partial charge >= 0.3 is 12.6 Å². The van der Waals surface area contributed by atoms with Crippen LogP contribution in [0.25, 0.3) is 0 Å². The van der Waals surface area contributed by atoms with Crippen molar-refractivity contribution in [2.24, 2.45) is 5.73 Å². The molecule has 8 heteroatoms. The Labute approximate surface area is 120 Å². The van der Waals surface area contributed by atoms with E-state index in [9.17, 15) is 18.0 Å². The summed E-state index contributed by atoms with van der Waals surface area (Å²) in [6.07, 6.45) is -2.01. The van der Waals surface area contributed by atoms with E-state index in [0.717, 1.165) is 0 Å². The Balaban J connectivity index is 0.00000361. The van der Waals surface area contributed by atoms with Gasteiger partial charge in [0.1, 0.15) is 5.75 Å². The topological polar surface area (TPSA) is 61.5 Å². The molecular formula is C12H15ClF3NO3. The van der Waals surface area contributed by atoms with Gasteiger partial charge in [-0.05, 0) is 24.6 Å². The smallest absolute Gasteiger partial charge is 0.387 e. The molecule has 0 heterocycles. The molecule has 0 spiro atoms. The number of nitrogens with two attached hydrogens (primary N) is 1. The Bertz CT molecular complexity index is 417. The van der Waals surface area contributed by atoms with Crippen molar-refractivity contribution in [3.05, 3.63) is 29.8 Å². The Kier molecular flexibility index (Phi) is 8.02. The van der Waals surface area contributed by atoms with E-state index in [0.29, 0.717) is 0 Å². The van der Waals surface area contributed by atoms with Gasteiger partial charge in [-0.25, -0.2) is 9.18 Å². The minimum atomic E-state index is -2.94. The molecule has 0 saturated carbocycles. The number of benzene rings is 1. The fourth-order valence-electron chi connectivity index (χ4n) is 1.41. The highest BCUT2D eigenvalue weighted by Gasteiger charge is 2.27. The first-order valence-electron chi connectivity index (χ1n) is 5.56. The average molecular weight is 314 g/mol. The van der Waals surface area contributed by atoms with Crippen LogP contribution in [-0.2, 0) is 9.53 Å². The molecule has 2 atom stereocenters. The molecule has 0 fully saturated rings. The lowest BCUT2D eigenvalue weighted by Gasteiger charge is -2.16. The molecular weight excluding hydrogens is 299 g/mol. The van der Waals surface area contributed by atoms with Gasteiger partial charge in [-0.1, -0.05) is 12.1 Å². The van der Waals surface area contributed by atoms with E-state index in [1.807, 2.05) is 0 Å². The number of carbonyl (C=O) groups excluding carboxylic acids is 1. The lowest BCUT2D eigenvalue weighted by atomic mass is 10.0. The van der Waals surface area contributed by atoms with Gasteiger partial charge in [0.15, 0.2) is 0 Å². The van der Waals surface area contributed by atoms with Crippen molar-refractivity contribution in [2.75, 3.05) is 6.61 Å². The number of hydrogen-bond donors (Lipinski definition) is 1. The summed E-state index contributed by atoms with van der Waals surface area (Å²) in [7, 11) is 0. The third-order valence-electron chi connectivity index (χ3n) is 2.32. The summed E-state index contributed by atoms with van der Waals surface area (Å²) in [5, 5.41) is 0. The molecule has 0 radical (unpaired) electrons. The van der Waals surface area contributed by atoms with Gasteiger partial charge in [0.25, 0.3) is 0 Å². The van der Waals surface area contributed by atoms with Crippen molar-refractivity contribution in [1.82, 2.24) is 0 Å². The predicted molar refractivity (Wildman–Crippen MR) is 68.8 cm³/mol. The Hall–Kier alpha value is -1.47. The molecule has 0 aliphatic carbocycles. The number of hydrogen-bond acceptors (Lipinski definition) is 4. The van der Waals surface area contributed by atoms with Crippen molar-refractivity contribution in [3.8, 4) is 5.75 Å². The second-order valence-electron chi connectivity index (χ2n) is 3.63. The maximum absolute atomic E-state index is 13.6. The first-order valence-corrected chi connectivity index (χ1v) is 5.56. The molecule has 114 valence electrons. The molecule has 0 aliphatic heterocycles. The minimum absolute atomic E-state index is 0. The van der Waals surface area contributed by atoms with E-state index in [1.54, 1.807) is 6.92 Å². The zero-order valence-corrected chi connectivity index (χ0v) is 11.4. The monoisotopic (exact) mass is 313 g/mol. The summed E-state index contributed by atoms with van der Waals surface area (Å²) in [6.45, 7) is -1.34. The number of carbonyl (C=O) groups is 1. The van der Waals surface area contributed by atoms with E-state index >= 15 is 0 Å². The van der Waals surface area contributed by atoms with Crippen LogP contribution in [0.1, 0.15) is 18.5 Å². The molecule has 0 bridgehead atoms. The summed E-state index contributed by atoms with van der Waals surface area (Å²) in [5.41, 5.74) is 5.84. The highest BCUT2D eigenvalue weighted by atomic mass is 35.5. The van der Waals surface area contributed by atoms with E-state index in [2.05, 4.69) is 9.47 Å². The first kappa shape index (κ1) is 18.5. The molecule has 20 heavy (non-hydrogen) atoms. The van der Waals surface area contributed by atoms with Crippen LogP contribution >= 0.6 is 12.4 Å². The first-order chi connectivity index (χ1) is 8.95. The lowest BCUT2D eigenvalue weighted by molar-refractivity contribution is -0.149. The van der Waals surface area contributed by atoms with Crippen molar-refractivity contribution < 1.29 is 27.4 Å². The Morgan fingerprint density at radius 3 is 2.25 bits per heavy atom. The molecule has 1 rings (SSSR count). The van der Waals surface area contributed by atoms with Gasteiger partial charge in [-0.2, -0.15) is 8.78 Å². The third-order valence-corrected chi connectivity index (χ3v) is 2.32. The zero-order valence-electron chi connectivity index (χ0n) is 10.6. The Morgan fingerprint density at radius 1 is 1.25 bits per heavy atom. The van der Waals surface area contributed by atoms with Gasteiger partial charge in [-0.3, -0.25) is 0 Å². The average Bonchev–Trinajstić information content (AvgIpc) is 2.37. The largest absolute Gasteiger partial charge is 0.464 e. The van der Waals surface area contributed by atoms with E-state index in [4.69, 9.17) is 5.73 Å². The van der Waals surface area contributed by atoms with Crippen LogP contribution in [0.4, 0.5) is 13.2 Å². The molecule has 1 aromatic carbocycles. The summed E-state index contributed by atoms with van der Waals surface area (Å²) < 4.78 is 46.1. The maximum Gasteiger partial charge on any atom is 0.387 e. The summed E-state index contributed by atoms with van der Waals surface area (Å²) in [6, 6.07) is 3.85. The standard InChI is InChI=1S/C12H14F3NO3.ClH/c1-2-18-11(17)9(13)10(16)7-3-5-8(6-4-7)19-12(14)15;/h3-6,9-10,12H,2,16H2,1H3;1H/t9?,10-;/m1./s1. The summed E-state index contributed by atoms with van der Waals surface area (Å²) in [4.78, 5) is 11.2. The normalized spacial score (nSPS) is 13.3. The van der Waals surface area contributed by atoms with Gasteiger partial charge in [0.2, 0.25) is 6.17 Å². The summed E-state index contributed by atoms with van der Waals surface area (Å²) >= 11 is 0. The van der Waals surface area contributed by atoms with Crippen LogP contribution in [0, 0.1) is 0 Å². The van der Waals surface area contributed by atoms with Crippen LogP contribution in [0.15, 0.2) is 24.3 Å². The third kappa shape index (κ3) is 5.26. The maximum atomic E-state index is 13.6. The van der Waals surface area contributed by atoms with Gasteiger partial charge < -0.3 is 15.2 Å². The van der Waals surface area contributed by atoms with Crippen molar-refractivity contribution in [3.63, 3.8) is 0 Å². The van der Waals surface area contributed by atoms with Crippen LogP contribution in [0.5, 0.6) is 5.75 Å². The van der Waals surface area contributed by atoms with Crippen LogP contribution in [0.2, 0.25) is 0 Å². The van der Waals surface area contributed by atoms with Gasteiger partial charge in [0.05, 0.1) is 12.6 Å². The number of alkyl halides is 3. The number of halogens is 4. The predicted octanol–water partition coefficient (Wildman–Crippen LogP) is 2.61. The zero-order chi connectivity index (χ0) is 14.4. The van der Waals surface area contributed by atoms with Crippen molar-refractivity contribution in [1.29, 1.82) is 0 Å². The molecule has 0 aliphatic rings. The summed E-state index contributed by atoms with van der Waals surface area (Å²) in [5.74, 6) is -1.12. The minimum Gasteiger partial charge on any atom is -0.464 e.